The highest BCUT2D eigenvalue weighted by molar-refractivity contribution is 9.10. The minimum absolute atomic E-state index is 0.136. The SMILES string of the molecule is O=C(COC(=O)c1ccc(N2C(=O)CC(NC3CCCCCC3)C2=O)cc1)c1ccc(Br)cc1. The average Bonchev–Trinajstić information content (AvgIpc) is 2.99. The standard InChI is InChI=1S/C26H27BrN2O5/c27-19-11-7-17(8-12-19)23(30)16-34-26(33)18-9-13-21(14-10-18)29-24(31)15-22(25(29)32)28-20-5-3-1-2-4-6-20/h7-14,20,22,28H,1-6,15-16H2. The van der Waals surface area contributed by atoms with Crippen molar-refractivity contribution in [3.63, 3.8) is 0 Å². The summed E-state index contributed by atoms with van der Waals surface area (Å²) in [6.45, 7) is -0.375. The lowest BCUT2D eigenvalue weighted by Gasteiger charge is -2.21. The van der Waals surface area contributed by atoms with Crippen molar-refractivity contribution in [3.05, 3.63) is 64.1 Å². The number of ether oxygens (including phenoxy) is 1. The van der Waals surface area contributed by atoms with Crippen LogP contribution in [0.1, 0.15) is 65.7 Å². The molecule has 1 heterocycles. The molecule has 2 aromatic rings. The van der Waals surface area contributed by atoms with Crippen molar-refractivity contribution in [2.24, 2.45) is 0 Å². The number of ketones is 1. The number of hydrogen-bond donors (Lipinski definition) is 1. The first-order valence-electron chi connectivity index (χ1n) is 11.6. The maximum atomic E-state index is 12.9. The van der Waals surface area contributed by atoms with Crippen molar-refractivity contribution < 1.29 is 23.9 Å². The zero-order valence-electron chi connectivity index (χ0n) is 18.8. The van der Waals surface area contributed by atoms with Gasteiger partial charge >= 0.3 is 5.97 Å². The van der Waals surface area contributed by atoms with Crippen LogP contribution in [-0.4, -0.2) is 42.3 Å². The Bertz CT molecular complexity index is 1060. The van der Waals surface area contributed by atoms with E-state index in [1.807, 2.05) is 0 Å². The second-order valence-corrected chi connectivity index (χ2v) is 9.65. The third-order valence-electron chi connectivity index (χ3n) is 6.30. The predicted octanol–water partition coefficient (Wildman–Crippen LogP) is 4.43. The predicted molar refractivity (Wildman–Crippen MR) is 131 cm³/mol. The molecule has 2 amide bonds. The van der Waals surface area contributed by atoms with Crippen molar-refractivity contribution in [3.8, 4) is 0 Å². The van der Waals surface area contributed by atoms with Gasteiger partial charge in [0.1, 0.15) is 0 Å². The Morgan fingerprint density at radius 3 is 2.18 bits per heavy atom. The summed E-state index contributed by atoms with van der Waals surface area (Å²) in [5.74, 6) is -1.47. The lowest BCUT2D eigenvalue weighted by atomic mass is 10.1. The molecule has 1 atom stereocenters. The van der Waals surface area contributed by atoms with Gasteiger partial charge in [0, 0.05) is 16.1 Å². The van der Waals surface area contributed by atoms with Crippen LogP contribution in [0, 0.1) is 0 Å². The Morgan fingerprint density at radius 1 is 0.912 bits per heavy atom. The van der Waals surface area contributed by atoms with Crippen molar-refractivity contribution in [1.82, 2.24) is 5.32 Å². The quantitative estimate of drug-likeness (QED) is 0.248. The number of esters is 1. The number of anilines is 1. The third-order valence-corrected chi connectivity index (χ3v) is 6.83. The molecule has 0 bridgehead atoms. The van der Waals surface area contributed by atoms with E-state index in [2.05, 4.69) is 21.2 Å². The fourth-order valence-electron chi connectivity index (χ4n) is 4.44. The smallest absolute Gasteiger partial charge is 0.338 e. The Balaban J connectivity index is 1.34. The molecule has 4 rings (SSSR count). The summed E-state index contributed by atoms with van der Waals surface area (Å²) >= 11 is 3.31. The Morgan fingerprint density at radius 2 is 1.53 bits per heavy atom. The second kappa shape index (κ2) is 11.1. The van der Waals surface area contributed by atoms with E-state index in [0.717, 1.165) is 30.2 Å². The largest absolute Gasteiger partial charge is 0.454 e. The molecule has 7 nitrogen and oxygen atoms in total. The highest BCUT2D eigenvalue weighted by atomic mass is 79.9. The molecular weight excluding hydrogens is 500 g/mol. The van der Waals surface area contributed by atoms with Gasteiger partial charge in [-0.3, -0.25) is 14.4 Å². The van der Waals surface area contributed by atoms with Crippen LogP contribution in [0.15, 0.2) is 53.0 Å². The van der Waals surface area contributed by atoms with Gasteiger partial charge in [-0.25, -0.2) is 9.69 Å². The van der Waals surface area contributed by atoms with Crippen molar-refractivity contribution in [1.29, 1.82) is 0 Å². The van der Waals surface area contributed by atoms with Gasteiger partial charge in [0.05, 0.1) is 23.7 Å². The van der Waals surface area contributed by atoms with Gasteiger partial charge in [-0.15, -0.1) is 0 Å². The van der Waals surface area contributed by atoms with E-state index in [1.54, 1.807) is 36.4 Å². The van der Waals surface area contributed by atoms with E-state index in [9.17, 15) is 19.2 Å². The number of nitrogens with zero attached hydrogens (tertiary/aromatic N) is 1. The number of benzene rings is 2. The van der Waals surface area contributed by atoms with E-state index >= 15 is 0 Å². The summed E-state index contributed by atoms with van der Waals surface area (Å²) in [5, 5.41) is 3.39. The summed E-state index contributed by atoms with van der Waals surface area (Å²) in [5.41, 5.74) is 1.10. The third kappa shape index (κ3) is 5.80. The molecule has 8 heteroatoms. The Kier molecular flexibility index (Phi) is 7.90. The summed E-state index contributed by atoms with van der Waals surface area (Å²) < 4.78 is 5.99. The van der Waals surface area contributed by atoms with Crippen LogP contribution in [0.4, 0.5) is 5.69 Å². The number of hydrogen-bond acceptors (Lipinski definition) is 6. The molecule has 34 heavy (non-hydrogen) atoms. The number of amides is 2. The first-order chi connectivity index (χ1) is 16.4. The molecule has 1 unspecified atom stereocenters. The normalized spacial score (nSPS) is 19.2. The average molecular weight is 527 g/mol. The molecule has 1 aliphatic heterocycles. The number of Topliss-reactive ketones (excluding diaryl/α,β-unsaturated/α-hetero) is 1. The Hall–Kier alpha value is -2.84. The fourth-order valence-corrected chi connectivity index (χ4v) is 4.71. The highest BCUT2D eigenvalue weighted by Crippen LogP contribution is 2.25. The minimum atomic E-state index is -0.649. The molecule has 0 radical (unpaired) electrons. The zero-order chi connectivity index (χ0) is 24.1. The minimum Gasteiger partial charge on any atom is -0.454 e. The van der Waals surface area contributed by atoms with Crippen molar-refractivity contribution in [2.45, 2.75) is 57.0 Å². The summed E-state index contributed by atoms with van der Waals surface area (Å²) in [6.07, 6.45) is 6.91. The fraction of sp³-hybridized carbons (Fsp3) is 0.385. The van der Waals surface area contributed by atoms with Gasteiger partial charge in [0.25, 0.3) is 5.91 Å². The lowest BCUT2D eigenvalue weighted by molar-refractivity contribution is -0.121. The van der Waals surface area contributed by atoms with Crippen LogP contribution in [0.2, 0.25) is 0 Å². The van der Waals surface area contributed by atoms with Gasteiger partial charge in [0.15, 0.2) is 12.4 Å². The highest BCUT2D eigenvalue weighted by Gasteiger charge is 2.40. The van der Waals surface area contributed by atoms with E-state index in [1.165, 1.54) is 29.9 Å². The summed E-state index contributed by atoms with van der Waals surface area (Å²) in [7, 11) is 0. The van der Waals surface area contributed by atoms with E-state index < -0.39 is 12.0 Å². The number of carbonyl (C=O) groups excluding carboxylic acids is 4. The number of rotatable bonds is 7. The van der Waals surface area contributed by atoms with Crippen LogP contribution in [0.25, 0.3) is 0 Å². The summed E-state index contributed by atoms with van der Waals surface area (Å²) in [6, 6.07) is 12.6. The molecule has 1 saturated carbocycles. The zero-order valence-corrected chi connectivity index (χ0v) is 20.4. The van der Waals surface area contributed by atoms with Crippen LogP contribution in [-0.2, 0) is 14.3 Å². The summed E-state index contributed by atoms with van der Waals surface area (Å²) in [4.78, 5) is 51.3. The van der Waals surface area contributed by atoms with Gasteiger partial charge in [-0.05, 0) is 49.2 Å². The number of nitrogens with one attached hydrogen (secondary N) is 1. The molecule has 2 aromatic carbocycles. The van der Waals surface area contributed by atoms with Gasteiger partial charge < -0.3 is 10.1 Å². The molecule has 0 aromatic heterocycles. The number of halogens is 1. The monoisotopic (exact) mass is 526 g/mol. The van der Waals surface area contributed by atoms with E-state index in [4.69, 9.17) is 4.74 Å². The number of carbonyl (C=O) groups is 4. The van der Waals surface area contributed by atoms with Gasteiger partial charge in [-0.2, -0.15) is 0 Å². The van der Waals surface area contributed by atoms with E-state index in [-0.39, 0.29) is 42.2 Å². The van der Waals surface area contributed by atoms with Gasteiger partial charge in [-0.1, -0.05) is 53.7 Å². The topological polar surface area (TPSA) is 92.8 Å². The van der Waals surface area contributed by atoms with Crippen molar-refractivity contribution in [2.75, 3.05) is 11.5 Å². The molecule has 1 aliphatic carbocycles. The molecule has 1 saturated heterocycles. The molecule has 1 N–H and O–H groups in total. The molecule has 178 valence electrons. The van der Waals surface area contributed by atoms with Crippen LogP contribution in [0.5, 0.6) is 0 Å². The first kappa shape index (κ1) is 24.3. The van der Waals surface area contributed by atoms with Crippen LogP contribution >= 0.6 is 15.9 Å². The lowest BCUT2D eigenvalue weighted by Crippen LogP contribution is -2.43. The molecule has 0 spiro atoms. The molecule has 2 fully saturated rings. The Labute approximate surface area is 207 Å². The van der Waals surface area contributed by atoms with E-state index in [0.29, 0.717) is 11.3 Å². The first-order valence-corrected chi connectivity index (χ1v) is 12.4. The maximum absolute atomic E-state index is 12.9. The molecular formula is C26H27BrN2O5. The van der Waals surface area contributed by atoms with Gasteiger partial charge in [0.2, 0.25) is 5.91 Å². The maximum Gasteiger partial charge on any atom is 0.338 e. The van der Waals surface area contributed by atoms with Crippen LogP contribution in [0.3, 0.4) is 0 Å². The number of imide groups is 1. The van der Waals surface area contributed by atoms with Crippen molar-refractivity contribution >= 4 is 45.2 Å². The molecule has 2 aliphatic rings. The van der Waals surface area contributed by atoms with Crippen LogP contribution < -0.4 is 10.2 Å². The second-order valence-electron chi connectivity index (χ2n) is 8.73.